The lowest BCUT2D eigenvalue weighted by atomic mass is 10.2. The highest BCUT2D eigenvalue weighted by Crippen LogP contribution is 2.20. The van der Waals surface area contributed by atoms with Crippen LogP contribution in [0, 0.1) is 0 Å². The van der Waals surface area contributed by atoms with Gasteiger partial charge in [-0.25, -0.2) is 0 Å². The summed E-state index contributed by atoms with van der Waals surface area (Å²) in [7, 11) is 0. The molecule has 1 aliphatic carbocycles. The van der Waals surface area contributed by atoms with Crippen molar-refractivity contribution in [2.75, 3.05) is 0 Å². The molecule has 0 aromatic carbocycles. The van der Waals surface area contributed by atoms with E-state index in [0.29, 0.717) is 12.0 Å². The van der Waals surface area contributed by atoms with Crippen LogP contribution in [0.15, 0.2) is 27.8 Å². The molecule has 1 fully saturated rings. The third-order valence-electron chi connectivity index (χ3n) is 2.98. The molecule has 3 N–H and O–H groups in total. The fraction of sp³-hybridized carbons (Fsp3) is 0.583. The summed E-state index contributed by atoms with van der Waals surface area (Å²) >= 11 is 0. The van der Waals surface area contributed by atoms with E-state index in [2.05, 4.69) is 10.3 Å². The molecule has 1 atom stereocenters. The van der Waals surface area contributed by atoms with Gasteiger partial charge in [-0.05, 0) is 31.9 Å². The van der Waals surface area contributed by atoms with Crippen molar-refractivity contribution >= 4 is 5.96 Å². The summed E-state index contributed by atoms with van der Waals surface area (Å²) in [6.45, 7) is 2.01. The van der Waals surface area contributed by atoms with Gasteiger partial charge in [0.25, 0.3) is 0 Å². The summed E-state index contributed by atoms with van der Waals surface area (Å²) in [5, 5.41) is 3.14. The lowest BCUT2D eigenvalue weighted by Crippen LogP contribution is -2.34. The molecule has 88 valence electrons. The number of aliphatic imine (C=N–C) groups is 1. The summed E-state index contributed by atoms with van der Waals surface area (Å²) in [5.74, 6) is 1.40. The fourth-order valence-electron chi connectivity index (χ4n) is 2.10. The molecule has 0 aliphatic heterocycles. The van der Waals surface area contributed by atoms with Gasteiger partial charge in [0.1, 0.15) is 5.76 Å². The minimum Gasteiger partial charge on any atom is -0.467 e. The van der Waals surface area contributed by atoms with E-state index < -0.39 is 0 Å². The van der Waals surface area contributed by atoms with Gasteiger partial charge in [-0.3, -0.25) is 4.99 Å². The van der Waals surface area contributed by atoms with Gasteiger partial charge >= 0.3 is 0 Å². The normalized spacial score (nSPS) is 19.9. The summed E-state index contributed by atoms with van der Waals surface area (Å²) in [5.41, 5.74) is 5.86. The maximum absolute atomic E-state index is 5.86. The largest absolute Gasteiger partial charge is 0.467 e. The number of nitrogens with zero attached hydrogens (tertiary/aromatic N) is 1. The van der Waals surface area contributed by atoms with Gasteiger partial charge in [0.2, 0.25) is 0 Å². The fourth-order valence-corrected chi connectivity index (χ4v) is 2.10. The Morgan fingerprint density at radius 1 is 1.56 bits per heavy atom. The number of rotatable bonds is 3. The van der Waals surface area contributed by atoms with Gasteiger partial charge in [-0.1, -0.05) is 12.8 Å². The molecule has 1 saturated carbocycles. The van der Waals surface area contributed by atoms with Crippen molar-refractivity contribution in [2.45, 2.75) is 44.7 Å². The summed E-state index contributed by atoms with van der Waals surface area (Å²) < 4.78 is 5.29. The van der Waals surface area contributed by atoms with Crippen LogP contribution in [0.3, 0.4) is 0 Å². The van der Waals surface area contributed by atoms with E-state index >= 15 is 0 Å². The van der Waals surface area contributed by atoms with Crippen LogP contribution in [0.4, 0.5) is 0 Å². The van der Waals surface area contributed by atoms with Crippen molar-refractivity contribution in [1.82, 2.24) is 5.32 Å². The van der Waals surface area contributed by atoms with Crippen molar-refractivity contribution in [3.05, 3.63) is 24.2 Å². The van der Waals surface area contributed by atoms with Crippen molar-refractivity contribution in [3.63, 3.8) is 0 Å². The first-order valence-corrected chi connectivity index (χ1v) is 5.89. The van der Waals surface area contributed by atoms with Crippen LogP contribution >= 0.6 is 0 Å². The smallest absolute Gasteiger partial charge is 0.189 e. The molecule has 1 aliphatic rings. The molecule has 1 unspecified atom stereocenters. The predicted octanol–water partition coefficient (Wildman–Crippen LogP) is 2.19. The Labute approximate surface area is 95.9 Å². The molecule has 4 nitrogen and oxygen atoms in total. The SMILES string of the molecule is CC(NC(N)=NC1CCCC1)c1ccco1. The molecule has 16 heavy (non-hydrogen) atoms. The second-order valence-electron chi connectivity index (χ2n) is 4.33. The number of nitrogens with two attached hydrogens (primary N) is 1. The Bertz CT molecular complexity index is 339. The van der Waals surface area contributed by atoms with Gasteiger partial charge in [0.05, 0.1) is 18.3 Å². The first kappa shape index (κ1) is 11.0. The topological polar surface area (TPSA) is 63.5 Å². The molecule has 0 saturated heterocycles. The van der Waals surface area contributed by atoms with Crippen LogP contribution in [0.1, 0.15) is 44.4 Å². The quantitative estimate of drug-likeness (QED) is 0.607. The van der Waals surface area contributed by atoms with Crippen LogP contribution in [-0.4, -0.2) is 12.0 Å². The molecule has 1 heterocycles. The van der Waals surface area contributed by atoms with Crippen molar-refractivity contribution in [2.24, 2.45) is 10.7 Å². The van der Waals surface area contributed by atoms with Crippen molar-refractivity contribution in [3.8, 4) is 0 Å². The lowest BCUT2D eigenvalue weighted by Gasteiger charge is -2.13. The van der Waals surface area contributed by atoms with Crippen LogP contribution in [0.5, 0.6) is 0 Å². The zero-order chi connectivity index (χ0) is 11.4. The second-order valence-corrected chi connectivity index (χ2v) is 4.33. The van der Waals surface area contributed by atoms with Gasteiger partial charge < -0.3 is 15.5 Å². The zero-order valence-electron chi connectivity index (χ0n) is 9.65. The van der Waals surface area contributed by atoms with E-state index in [9.17, 15) is 0 Å². The number of hydrogen-bond donors (Lipinski definition) is 2. The Balaban J connectivity index is 1.88. The third-order valence-corrected chi connectivity index (χ3v) is 2.98. The molecular formula is C12H19N3O. The Morgan fingerprint density at radius 3 is 2.94 bits per heavy atom. The minimum atomic E-state index is 0.0696. The number of guanidine groups is 1. The summed E-state index contributed by atoms with van der Waals surface area (Å²) in [6.07, 6.45) is 6.54. The Kier molecular flexibility index (Phi) is 3.49. The Morgan fingerprint density at radius 2 is 2.31 bits per heavy atom. The maximum atomic E-state index is 5.86. The van der Waals surface area contributed by atoms with Crippen LogP contribution in [-0.2, 0) is 0 Å². The van der Waals surface area contributed by atoms with E-state index in [4.69, 9.17) is 10.2 Å². The Hall–Kier alpha value is -1.45. The molecule has 0 radical (unpaired) electrons. The molecule has 1 aromatic heterocycles. The van der Waals surface area contributed by atoms with Gasteiger partial charge in [-0.15, -0.1) is 0 Å². The average molecular weight is 221 g/mol. The molecule has 4 heteroatoms. The maximum Gasteiger partial charge on any atom is 0.189 e. The molecule has 2 rings (SSSR count). The average Bonchev–Trinajstić information content (AvgIpc) is 2.88. The first-order valence-electron chi connectivity index (χ1n) is 5.89. The van der Waals surface area contributed by atoms with E-state index in [0.717, 1.165) is 18.6 Å². The highest BCUT2D eigenvalue weighted by molar-refractivity contribution is 5.78. The summed E-state index contributed by atoms with van der Waals surface area (Å²) in [6, 6.07) is 4.29. The van der Waals surface area contributed by atoms with Gasteiger partial charge in [0.15, 0.2) is 5.96 Å². The van der Waals surface area contributed by atoms with E-state index in [1.165, 1.54) is 12.8 Å². The van der Waals surface area contributed by atoms with Crippen molar-refractivity contribution < 1.29 is 4.42 Å². The van der Waals surface area contributed by atoms with Crippen molar-refractivity contribution in [1.29, 1.82) is 0 Å². The third kappa shape index (κ3) is 2.78. The summed E-state index contributed by atoms with van der Waals surface area (Å²) in [4.78, 5) is 4.47. The van der Waals surface area contributed by atoms with E-state index in [1.54, 1.807) is 6.26 Å². The van der Waals surface area contributed by atoms with Crippen LogP contribution < -0.4 is 11.1 Å². The first-order chi connectivity index (χ1) is 7.75. The molecular weight excluding hydrogens is 202 g/mol. The highest BCUT2D eigenvalue weighted by atomic mass is 16.3. The molecule has 0 bridgehead atoms. The number of nitrogens with one attached hydrogen (secondary N) is 1. The predicted molar refractivity (Wildman–Crippen MR) is 64.1 cm³/mol. The molecule has 1 aromatic rings. The number of hydrogen-bond acceptors (Lipinski definition) is 2. The zero-order valence-corrected chi connectivity index (χ0v) is 9.65. The van der Waals surface area contributed by atoms with Gasteiger partial charge in [-0.2, -0.15) is 0 Å². The second kappa shape index (κ2) is 5.05. The highest BCUT2D eigenvalue weighted by Gasteiger charge is 2.15. The number of furan rings is 1. The molecule has 0 spiro atoms. The lowest BCUT2D eigenvalue weighted by molar-refractivity contribution is 0.461. The van der Waals surface area contributed by atoms with Crippen LogP contribution in [0.25, 0.3) is 0 Å². The molecule has 0 amide bonds. The van der Waals surface area contributed by atoms with E-state index in [1.807, 2.05) is 19.1 Å². The van der Waals surface area contributed by atoms with Crippen LogP contribution in [0.2, 0.25) is 0 Å². The van der Waals surface area contributed by atoms with E-state index in [-0.39, 0.29) is 6.04 Å². The minimum absolute atomic E-state index is 0.0696. The van der Waals surface area contributed by atoms with Gasteiger partial charge in [0, 0.05) is 0 Å². The standard InChI is InChI=1S/C12H19N3O/c1-9(11-7-4-8-16-11)14-12(13)15-10-5-2-3-6-10/h4,7-10H,2-3,5-6H2,1H3,(H3,13,14,15). The monoisotopic (exact) mass is 221 g/mol.